The molecule has 2 aromatic rings. The highest BCUT2D eigenvalue weighted by Crippen LogP contribution is 2.32. The lowest BCUT2D eigenvalue weighted by atomic mass is 10.0. The number of carbonyl (C=O) groups is 1. The molecule has 0 aliphatic heterocycles. The molecule has 0 aliphatic carbocycles. The summed E-state index contributed by atoms with van der Waals surface area (Å²) in [6.07, 6.45) is -2.92. The van der Waals surface area contributed by atoms with E-state index >= 15 is 0 Å². The van der Waals surface area contributed by atoms with E-state index in [1.165, 1.54) is 18.3 Å². The van der Waals surface area contributed by atoms with Gasteiger partial charge in [0.05, 0.1) is 5.56 Å². The molecule has 0 aliphatic rings. The molecule has 126 valence electrons. The molecule has 0 saturated heterocycles. The van der Waals surface area contributed by atoms with Gasteiger partial charge in [-0.15, -0.1) is 0 Å². The number of anilines is 1. The van der Waals surface area contributed by atoms with E-state index in [1.807, 2.05) is 0 Å². The molecule has 9 heteroatoms. The maximum Gasteiger partial charge on any atom is 0.416 e. The van der Waals surface area contributed by atoms with Gasteiger partial charge in [0.1, 0.15) is 11.7 Å². The molecular weight excluding hydrogens is 345 g/mol. The summed E-state index contributed by atoms with van der Waals surface area (Å²) in [5, 5.41) is 5.67. The van der Waals surface area contributed by atoms with Crippen molar-refractivity contribution in [1.29, 1.82) is 5.53 Å². The predicted octanol–water partition coefficient (Wildman–Crippen LogP) is 4.31. The standard InChI is InChI=1S/C15H12ClF3N4O/c16-13-4-1-9(7-21-13)5-10-6-11(15(17,18)19)2-3-12(10)23-14(24)8-22-20/h1-4,6-7,20H,5,8H2,(H,23,24). The average Bonchev–Trinajstić information content (AvgIpc) is 2.50. The minimum Gasteiger partial charge on any atom is -0.324 e. The Labute approximate surface area is 140 Å². The van der Waals surface area contributed by atoms with Crippen molar-refractivity contribution in [3.8, 4) is 0 Å². The van der Waals surface area contributed by atoms with E-state index in [0.717, 1.165) is 12.1 Å². The normalized spacial score (nSPS) is 11.2. The summed E-state index contributed by atoms with van der Waals surface area (Å²) in [4.78, 5) is 15.4. The molecule has 0 bridgehead atoms. The van der Waals surface area contributed by atoms with Gasteiger partial charge in [-0.3, -0.25) is 4.79 Å². The van der Waals surface area contributed by atoms with Crippen molar-refractivity contribution >= 4 is 23.2 Å². The van der Waals surface area contributed by atoms with Gasteiger partial charge in [-0.2, -0.15) is 18.3 Å². The first-order valence-corrected chi connectivity index (χ1v) is 7.11. The van der Waals surface area contributed by atoms with Gasteiger partial charge in [-0.1, -0.05) is 17.7 Å². The molecule has 1 aromatic heterocycles. The summed E-state index contributed by atoms with van der Waals surface area (Å²) >= 11 is 5.69. The number of halogens is 4. The number of amides is 1. The van der Waals surface area contributed by atoms with Crippen molar-refractivity contribution in [3.05, 3.63) is 58.4 Å². The first-order valence-electron chi connectivity index (χ1n) is 6.73. The second kappa shape index (κ2) is 7.39. The summed E-state index contributed by atoms with van der Waals surface area (Å²) in [6, 6.07) is 6.21. The van der Waals surface area contributed by atoms with Crippen LogP contribution in [0.15, 0.2) is 41.6 Å². The van der Waals surface area contributed by atoms with E-state index in [1.54, 1.807) is 6.07 Å². The summed E-state index contributed by atoms with van der Waals surface area (Å²) in [7, 11) is 0. The third kappa shape index (κ3) is 4.76. The van der Waals surface area contributed by atoms with Gasteiger partial charge in [0.2, 0.25) is 5.91 Å². The molecule has 24 heavy (non-hydrogen) atoms. The molecule has 0 unspecified atom stereocenters. The number of nitrogens with zero attached hydrogens (tertiary/aromatic N) is 2. The van der Waals surface area contributed by atoms with Crippen LogP contribution in [0.5, 0.6) is 0 Å². The van der Waals surface area contributed by atoms with E-state index in [2.05, 4.69) is 15.4 Å². The summed E-state index contributed by atoms with van der Waals surface area (Å²) < 4.78 is 38.8. The van der Waals surface area contributed by atoms with Crippen molar-refractivity contribution in [1.82, 2.24) is 4.98 Å². The lowest BCUT2D eigenvalue weighted by Crippen LogP contribution is -2.16. The number of pyridine rings is 1. The fourth-order valence-corrected chi connectivity index (χ4v) is 2.14. The van der Waals surface area contributed by atoms with Crippen LogP contribution in [-0.4, -0.2) is 17.4 Å². The highest BCUT2D eigenvalue weighted by molar-refractivity contribution is 6.29. The quantitative estimate of drug-likeness (QED) is 0.618. The number of rotatable bonds is 5. The second-order valence-electron chi connectivity index (χ2n) is 4.90. The molecular formula is C15H12ClF3N4O. The Kier molecular flexibility index (Phi) is 5.50. The van der Waals surface area contributed by atoms with Gasteiger partial charge in [0, 0.05) is 18.3 Å². The fourth-order valence-electron chi connectivity index (χ4n) is 2.03. The van der Waals surface area contributed by atoms with Crippen LogP contribution in [0.4, 0.5) is 18.9 Å². The smallest absolute Gasteiger partial charge is 0.324 e. The molecule has 1 heterocycles. The summed E-state index contributed by atoms with van der Waals surface area (Å²) in [5.74, 6) is -0.583. The lowest BCUT2D eigenvalue weighted by molar-refractivity contribution is -0.137. The van der Waals surface area contributed by atoms with Crippen molar-refractivity contribution in [2.24, 2.45) is 5.11 Å². The van der Waals surface area contributed by atoms with Crippen LogP contribution in [0.25, 0.3) is 0 Å². The van der Waals surface area contributed by atoms with Crippen molar-refractivity contribution in [3.63, 3.8) is 0 Å². The third-order valence-electron chi connectivity index (χ3n) is 3.11. The van der Waals surface area contributed by atoms with Crippen LogP contribution in [0.2, 0.25) is 5.15 Å². The largest absolute Gasteiger partial charge is 0.416 e. The number of aromatic nitrogens is 1. The molecule has 2 rings (SSSR count). The third-order valence-corrected chi connectivity index (χ3v) is 3.34. The zero-order valence-electron chi connectivity index (χ0n) is 12.2. The molecule has 0 radical (unpaired) electrons. The molecule has 1 aromatic carbocycles. The monoisotopic (exact) mass is 356 g/mol. The number of benzene rings is 1. The minimum atomic E-state index is -4.49. The maximum absolute atomic E-state index is 12.9. The van der Waals surface area contributed by atoms with E-state index < -0.39 is 24.2 Å². The van der Waals surface area contributed by atoms with Crippen LogP contribution in [0, 0.1) is 5.53 Å². The molecule has 0 saturated carbocycles. The molecule has 2 N–H and O–H groups in total. The van der Waals surface area contributed by atoms with Crippen LogP contribution in [0.1, 0.15) is 16.7 Å². The second-order valence-corrected chi connectivity index (χ2v) is 5.29. The SMILES string of the molecule is N=NCC(=O)Nc1ccc(C(F)(F)F)cc1Cc1ccc(Cl)nc1. The van der Waals surface area contributed by atoms with Crippen molar-refractivity contribution in [2.75, 3.05) is 11.9 Å². The summed E-state index contributed by atoms with van der Waals surface area (Å²) in [6.45, 7) is -0.400. The predicted molar refractivity (Wildman–Crippen MR) is 82.1 cm³/mol. The van der Waals surface area contributed by atoms with Crippen LogP contribution >= 0.6 is 11.6 Å². The number of hydrogen-bond donors (Lipinski definition) is 2. The Bertz CT molecular complexity index is 747. The van der Waals surface area contributed by atoms with Gasteiger partial charge in [0.25, 0.3) is 0 Å². The Morgan fingerprint density at radius 1 is 1.29 bits per heavy atom. The fraction of sp³-hybridized carbons (Fsp3) is 0.200. The zero-order valence-corrected chi connectivity index (χ0v) is 12.9. The zero-order chi connectivity index (χ0) is 17.7. The summed E-state index contributed by atoms with van der Waals surface area (Å²) in [5.41, 5.74) is 6.98. The van der Waals surface area contributed by atoms with Gasteiger partial charge < -0.3 is 5.32 Å². The molecule has 5 nitrogen and oxygen atoms in total. The van der Waals surface area contributed by atoms with E-state index in [0.29, 0.717) is 5.56 Å². The van der Waals surface area contributed by atoms with Crippen LogP contribution in [0.3, 0.4) is 0 Å². The topological polar surface area (TPSA) is 78.2 Å². The number of alkyl halides is 3. The Hall–Kier alpha value is -2.48. The van der Waals surface area contributed by atoms with Gasteiger partial charge in [-0.05, 0) is 35.4 Å². The average molecular weight is 357 g/mol. The Balaban J connectivity index is 2.37. The first-order chi connectivity index (χ1) is 11.3. The lowest BCUT2D eigenvalue weighted by Gasteiger charge is -2.14. The Morgan fingerprint density at radius 3 is 2.62 bits per heavy atom. The van der Waals surface area contributed by atoms with E-state index in [-0.39, 0.29) is 22.8 Å². The van der Waals surface area contributed by atoms with Gasteiger partial charge >= 0.3 is 6.18 Å². The van der Waals surface area contributed by atoms with Crippen molar-refractivity contribution in [2.45, 2.75) is 12.6 Å². The molecule has 0 atom stereocenters. The molecule has 0 fully saturated rings. The van der Waals surface area contributed by atoms with Crippen molar-refractivity contribution < 1.29 is 18.0 Å². The Morgan fingerprint density at radius 2 is 2.04 bits per heavy atom. The van der Waals surface area contributed by atoms with Crippen LogP contribution < -0.4 is 5.32 Å². The number of nitrogens with one attached hydrogen (secondary N) is 2. The van der Waals surface area contributed by atoms with Gasteiger partial charge in [0.15, 0.2) is 0 Å². The molecule has 1 amide bonds. The van der Waals surface area contributed by atoms with E-state index in [9.17, 15) is 18.0 Å². The minimum absolute atomic E-state index is 0.127. The number of hydrogen-bond acceptors (Lipinski definition) is 4. The van der Waals surface area contributed by atoms with E-state index in [4.69, 9.17) is 17.1 Å². The highest BCUT2D eigenvalue weighted by atomic mass is 35.5. The first kappa shape index (κ1) is 17.9. The van der Waals surface area contributed by atoms with Crippen LogP contribution in [-0.2, 0) is 17.4 Å². The number of carbonyl (C=O) groups excluding carboxylic acids is 1. The maximum atomic E-state index is 12.9. The molecule has 0 spiro atoms. The van der Waals surface area contributed by atoms with Gasteiger partial charge in [-0.25, -0.2) is 10.5 Å². The highest BCUT2D eigenvalue weighted by Gasteiger charge is 2.31.